The molecule has 0 saturated carbocycles. The van der Waals surface area contributed by atoms with Gasteiger partial charge in [0.15, 0.2) is 0 Å². The molecule has 1 aliphatic heterocycles. The normalized spacial score (nSPS) is 26.9. The molecule has 0 radical (unpaired) electrons. The molecule has 2 rings (SSSR count). The first-order chi connectivity index (χ1) is 7.36. The van der Waals surface area contributed by atoms with Crippen LogP contribution in [0.5, 0.6) is 0 Å². The summed E-state index contributed by atoms with van der Waals surface area (Å²) < 4.78 is 5.89. The van der Waals surface area contributed by atoms with E-state index in [-0.39, 0.29) is 0 Å². The summed E-state index contributed by atoms with van der Waals surface area (Å²) in [7, 11) is 0. The second-order valence-electron chi connectivity index (χ2n) is 4.61. The lowest BCUT2D eigenvalue weighted by atomic mass is 10.0. The number of hydrogen-bond donors (Lipinski definition) is 1. The van der Waals surface area contributed by atoms with Crippen molar-refractivity contribution in [1.82, 2.24) is 5.32 Å². The van der Waals surface area contributed by atoms with E-state index in [1.54, 1.807) is 0 Å². The molecule has 15 heavy (non-hydrogen) atoms. The number of hydrogen-bond acceptors (Lipinski definition) is 2. The molecular formula is C13H21NO. The summed E-state index contributed by atoms with van der Waals surface area (Å²) in [5.74, 6) is 1.82. The van der Waals surface area contributed by atoms with Crippen molar-refractivity contribution in [3.05, 3.63) is 23.5 Å². The van der Waals surface area contributed by atoms with Crippen molar-refractivity contribution in [2.45, 2.75) is 32.6 Å². The minimum atomic E-state index is 0.703. The van der Waals surface area contributed by atoms with Gasteiger partial charge in [-0.05, 0) is 50.8 Å². The van der Waals surface area contributed by atoms with Crippen molar-refractivity contribution in [2.24, 2.45) is 5.92 Å². The van der Waals surface area contributed by atoms with Crippen LogP contribution in [-0.4, -0.2) is 19.7 Å². The highest BCUT2D eigenvalue weighted by Crippen LogP contribution is 2.20. The largest absolute Gasteiger partial charge is 0.493 e. The number of ether oxygens (including phenoxy) is 1. The molecule has 1 heterocycles. The Balaban J connectivity index is 1.79. The molecule has 0 aromatic heterocycles. The van der Waals surface area contributed by atoms with Crippen LogP contribution in [0.4, 0.5) is 0 Å². The van der Waals surface area contributed by atoms with Crippen molar-refractivity contribution in [2.75, 3.05) is 19.7 Å². The van der Waals surface area contributed by atoms with E-state index >= 15 is 0 Å². The van der Waals surface area contributed by atoms with Gasteiger partial charge in [-0.15, -0.1) is 0 Å². The summed E-state index contributed by atoms with van der Waals surface area (Å²) >= 11 is 0. The zero-order valence-electron chi connectivity index (χ0n) is 9.59. The van der Waals surface area contributed by atoms with Crippen LogP contribution in [-0.2, 0) is 4.74 Å². The average molecular weight is 207 g/mol. The van der Waals surface area contributed by atoms with Gasteiger partial charge in [-0.1, -0.05) is 6.08 Å². The highest BCUT2D eigenvalue weighted by molar-refractivity contribution is 5.22. The Bertz CT molecular complexity index is 262. The maximum Gasteiger partial charge on any atom is 0.117 e. The van der Waals surface area contributed by atoms with E-state index in [0.29, 0.717) is 5.92 Å². The number of nitrogens with one attached hydrogen (secondary N) is 1. The summed E-state index contributed by atoms with van der Waals surface area (Å²) in [6.45, 7) is 5.36. The van der Waals surface area contributed by atoms with E-state index in [1.165, 1.54) is 31.4 Å². The first-order valence-electron chi connectivity index (χ1n) is 6.06. The highest BCUT2D eigenvalue weighted by Gasteiger charge is 2.14. The van der Waals surface area contributed by atoms with Crippen LogP contribution in [0.25, 0.3) is 0 Å². The molecule has 0 amide bonds. The molecule has 0 spiro atoms. The monoisotopic (exact) mass is 207 g/mol. The van der Waals surface area contributed by atoms with Crippen LogP contribution >= 0.6 is 0 Å². The zero-order valence-corrected chi connectivity index (χ0v) is 9.59. The molecule has 1 unspecified atom stereocenters. The summed E-state index contributed by atoms with van der Waals surface area (Å²) in [4.78, 5) is 0. The van der Waals surface area contributed by atoms with E-state index in [0.717, 1.165) is 25.3 Å². The summed E-state index contributed by atoms with van der Waals surface area (Å²) in [6.07, 6.45) is 9.28. The van der Waals surface area contributed by atoms with Crippen LogP contribution in [0, 0.1) is 5.92 Å². The topological polar surface area (TPSA) is 21.3 Å². The molecule has 0 bridgehead atoms. The molecule has 1 N–H and O–H groups in total. The average Bonchev–Trinajstić information content (AvgIpc) is 2.29. The van der Waals surface area contributed by atoms with Gasteiger partial charge in [0.2, 0.25) is 0 Å². The molecule has 1 atom stereocenters. The molecule has 2 nitrogen and oxygen atoms in total. The van der Waals surface area contributed by atoms with Gasteiger partial charge >= 0.3 is 0 Å². The lowest BCUT2D eigenvalue weighted by Gasteiger charge is -2.24. The van der Waals surface area contributed by atoms with Crippen molar-refractivity contribution in [1.29, 1.82) is 0 Å². The first-order valence-corrected chi connectivity index (χ1v) is 6.06. The van der Waals surface area contributed by atoms with E-state index in [4.69, 9.17) is 4.74 Å². The maximum absolute atomic E-state index is 5.89. The minimum absolute atomic E-state index is 0.703. The van der Waals surface area contributed by atoms with Gasteiger partial charge in [0, 0.05) is 12.5 Å². The standard InChI is InChI=1S/C13H21NO/c1-11-5-2-3-7-13(11)15-10-12-6-4-8-14-9-12/h3,7,12,14H,2,4-6,8-10H2,1H3. The van der Waals surface area contributed by atoms with Crippen molar-refractivity contribution < 1.29 is 4.74 Å². The molecule has 1 aliphatic carbocycles. The first kappa shape index (κ1) is 10.7. The van der Waals surface area contributed by atoms with E-state index < -0.39 is 0 Å². The van der Waals surface area contributed by atoms with Crippen molar-refractivity contribution >= 4 is 0 Å². The second kappa shape index (κ2) is 5.36. The third kappa shape index (κ3) is 3.10. The Labute approximate surface area is 92.4 Å². The van der Waals surface area contributed by atoms with E-state index in [9.17, 15) is 0 Å². The highest BCUT2D eigenvalue weighted by atomic mass is 16.5. The van der Waals surface area contributed by atoms with Gasteiger partial charge in [0.25, 0.3) is 0 Å². The Morgan fingerprint density at radius 2 is 2.47 bits per heavy atom. The van der Waals surface area contributed by atoms with Crippen LogP contribution < -0.4 is 5.32 Å². The molecule has 2 aliphatic rings. The predicted molar refractivity (Wildman–Crippen MR) is 62.6 cm³/mol. The smallest absolute Gasteiger partial charge is 0.117 e. The fraction of sp³-hybridized carbons (Fsp3) is 0.692. The van der Waals surface area contributed by atoms with Gasteiger partial charge < -0.3 is 10.1 Å². The SMILES string of the molecule is CC1=C(OCC2CCCNC2)C=CCC1. The molecule has 1 saturated heterocycles. The molecule has 84 valence electrons. The molecule has 0 aromatic carbocycles. The quantitative estimate of drug-likeness (QED) is 0.768. The summed E-state index contributed by atoms with van der Waals surface area (Å²) in [6, 6.07) is 0. The predicted octanol–water partition coefficient (Wildman–Crippen LogP) is 2.63. The zero-order chi connectivity index (χ0) is 10.5. The molecule has 0 aromatic rings. The Kier molecular flexibility index (Phi) is 3.84. The van der Waals surface area contributed by atoms with Crippen LogP contribution in [0.3, 0.4) is 0 Å². The van der Waals surface area contributed by atoms with Gasteiger partial charge in [0.1, 0.15) is 5.76 Å². The fourth-order valence-corrected chi connectivity index (χ4v) is 2.20. The molecular weight excluding hydrogens is 186 g/mol. The van der Waals surface area contributed by atoms with Gasteiger partial charge in [0.05, 0.1) is 6.61 Å². The fourth-order valence-electron chi connectivity index (χ4n) is 2.20. The van der Waals surface area contributed by atoms with Crippen molar-refractivity contribution in [3.63, 3.8) is 0 Å². The van der Waals surface area contributed by atoms with Crippen LogP contribution in [0.15, 0.2) is 23.5 Å². The van der Waals surface area contributed by atoms with E-state index in [1.807, 2.05) is 0 Å². The molecule has 2 heteroatoms. The Hall–Kier alpha value is -0.760. The Morgan fingerprint density at radius 1 is 1.53 bits per heavy atom. The number of allylic oxidation sites excluding steroid dienone is 3. The third-order valence-corrected chi connectivity index (χ3v) is 3.25. The minimum Gasteiger partial charge on any atom is -0.493 e. The van der Waals surface area contributed by atoms with Gasteiger partial charge in [-0.3, -0.25) is 0 Å². The van der Waals surface area contributed by atoms with Gasteiger partial charge in [-0.25, -0.2) is 0 Å². The second-order valence-corrected chi connectivity index (χ2v) is 4.61. The van der Waals surface area contributed by atoms with E-state index in [2.05, 4.69) is 24.4 Å². The Morgan fingerprint density at radius 3 is 3.20 bits per heavy atom. The summed E-state index contributed by atoms with van der Waals surface area (Å²) in [5, 5.41) is 3.42. The van der Waals surface area contributed by atoms with Crippen molar-refractivity contribution in [3.8, 4) is 0 Å². The third-order valence-electron chi connectivity index (χ3n) is 3.25. The van der Waals surface area contributed by atoms with Crippen LogP contribution in [0.2, 0.25) is 0 Å². The number of piperidine rings is 1. The lowest BCUT2D eigenvalue weighted by molar-refractivity contribution is 0.153. The number of rotatable bonds is 3. The molecule has 1 fully saturated rings. The maximum atomic E-state index is 5.89. The van der Waals surface area contributed by atoms with Crippen LogP contribution in [0.1, 0.15) is 32.6 Å². The lowest BCUT2D eigenvalue weighted by Crippen LogP contribution is -2.32. The van der Waals surface area contributed by atoms with Gasteiger partial charge in [-0.2, -0.15) is 0 Å². The summed E-state index contributed by atoms with van der Waals surface area (Å²) in [5.41, 5.74) is 1.40.